The lowest BCUT2D eigenvalue weighted by Gasteiger charge is -2.36. The number of alkyl halides is 3. The molecule has 4 rings (SSSR count). The van der Waals surface area contributed by atoms with Crippen LogP contribution in [0.5, 0.6) is 0 Å². The molecule has 0 spiro atoms. The predicted molar refractivity (Wildman–Crippen MR) is 112 cm³/mol. The van der Waals surface area contributed by atoms with E-state index in [0.29, 0.717) is 23.4 Å². The first-order valence-electron chi connectivity index (χ1n) is 10.3. The molecule has 2 saturated heterocycles. The first-order valence-corrected chi connectivity index (χ1v) is 10.3. The van der Waals surface area contributed by atoms with Crippen LogP contribution in [-0.2, 0) is 10.9 Å². The van der Waals surface area contributed by atoms with Gasteiger partial charge in [-0.3, -0.25) is 9.69 Å². The van der Waals surface area contributed by atoms with Crippen molar-refractivity contribution < 1.29 is 27.5 Å². The molecule has 0 radical (unpaired) electrons. The quantitative estimate of drug-likeness (QED) is 0.716. The number of rotatable bonds is 3. The number of piperazine rings is 1. The van der Waals surface area contributed by atoms with Gasteiger partial charge < -0.3 is 14.5 Å². The molecule has 3 heterocycles. The number of aromatic nitrogens is 1. The highest BCUT2D eigenvalue weighted by molar-refractivity contribution is 5.96. The van der Waals surface area contributed by atoms with Crippen LogP contribution in [0.15, 0.2) is 36.5 Å². The smallest absolute Gasteiger partial charge is 0.419 e. The summed E-state index contributed by atoms with van der Waals surface area (Å²) in [6, 6.07) is 7.68. The Bertz CT molecular complexity index is 1020. The van der Waals surface area contributed by atoms with Crippen LogP contribution in [0.3, 0.4) is 0 Å². The third-order valence-corrected chi connectivity index (χ3v) is 5.65. The lowest BCUT2D eigenvalue weighted by molar-refractivity contribution is -0.137. The van der Waals surface area contributed by atoms with E-state index in [-0.39, 0.29) is 43.9 Å². The van der Waals surface area contributed by atoms with E-state index in [1.54, 1.807) is 41.0 Å². The van der Waals surface area contributed by atoms with Crippen LogP contribution in [-0.4, -0.2) is 60.7 Å². The summed E-state index contributed by atoms with van der Waals surface area (Å²) in [7, 11) is 0. The predicted octanol–water partition coefficient (Wildman–Crippen LogP) is 3.72. The zero-order chi connectivity index (χ0) is 23.0. The lowest BCUT2D eigenvalue weighted by atomic mass is 10.1. The Morgan fingerprint density at radius 1 is 1.12 bits per heavy atom. The van der Waals surface area contributed by atoms with Crippen molar-refractivity contribution >= 4 is 23.5 Å². The number of benzene rings is 1. The summed E-state index contributed by atoms with van der Waals surface area (Å²) >= 11 is 0. The summed E-state index contributed by atoms with van der Waals surface area (Å²) in [5.74, 6) is -0.313. The minimum atomic E-state index is -4.50. The number of amides is 2. The van der Waals surface area contributed by atoms with Gasteiger partial charge in [-0.2, -0.15) is 13.2 Å². The van der Waals surface area contributed by atoms with Gasteiger partial charge in [0, 0.05) is 43.6 Å². The summed E-state index contributed by atoms with van der Waals surface area (Å²) in [5.41, 5.74) is 0.774. The van der Waals surface area contributed by atoms with Gasteiger partial charge in [0.15, 0.2) is 0 Å². The van der Waals surface area contributed by atoms with E-state index in [4.69, 9.17) is 4.74 Å². The highest BCUT2D eigenvalue weighted by Gasteiger charge is 2.37. The molecular weight excluding hydrogens is 425 g/mol. The Labute approximate surface area is 183 Å². The Morgan fingerprint density at radius 3 is 2.34 bits per heavy atom. The van der Waals surface area contributed by atoms with Crippen molar-refractivity contribution in [3.63, 3.8) is 0 Å². The summed E-state index contributed by atoms with van der Waals surface area (Å²) in [4.78, 5) is 33.5. The van der Waals surface area contributed by atoms with E-state index in [2.05, 4.69) is 4.98 Å². The average Bonchev–Trinajstić information content (AvgIpc) is 3.11. The van der Waals surface area contributed by atoms with Crippen LogP contribution in [0.25, 0.3) is 0 Å². The van der Waals surface area contributed by atoms with E-state index >= 15 is 0 Å². The maximum absolute atomic E-state index is 13.4. The maximum atomic E-state index is 13.4. The second-order valence-corrected chi connectivity index (χ2v) is 8.00. The SMILES string of the molecule is Cc1cnc(N2CCN(C(=O)c3ccc(N4C(=O)OCC4C)cc3)CC2)c(C(F)(F)F)c1. The topological polar surface area (TPSA) is 66.0 Å². The maximum Gasteiger partial charge on any atom is 0.419 e. The number of aryl methyl sites for hydroxylation is 1. The summed E-state index contributed by atoms with van der Waals surface area (Å²) in [6.07, 6.45) is -3.50. The molecule has 2 aliphatic heterocycles. The van der Waals surface area contributed by atoms with Gasteiger partial charge in [-0.05, 0) is 49.7 Å². The Balaban J connectivity index is 1.43. The van der Waals surface area contributed by atoms with E-state index in [1.165, 1.54) is 11.1 Å². The third kappa shape index (κ3) is 4.21. The van der Waals surface area contributed by atoms with Gasteiger partial charge in [-0.15, -0.1) is 0 Å². The van der Waals surface area contributed by atoms with E-state index in [0.717, 1.165) is 6.07 Å². The molecule has 0 aliphatic carbocycles. The van der Waals surface area contributed by atoms with Crippen molar-refractivity contribution in [1.29, 1.82) is 0 Å². The second-order valence-electron chi connectivity index (χ2n) is 8.00. The number of carbonyl (C=O) groups excluding carboxylic acids is 2. The van der Waals surface area contributed by atoms with E-state index in [1.807, 2.05) is 6.92 Å². The molecule has 2 fully saturated rings. The van der Waals surface area contributed by atoms with Crippen LogP contribution in [0, 0.1) is 6.92 Å². The molecule has 0 saturated carbocycles. The zero-order valence-corrected chi connectivity index (χ0v) is 17.7. The first-order chi connectivity index (χ1) is 15.1. The number of nitrogens with zero attached hydrogens (tertiary/aromatic N) is 4. The third-order valence-electron chi connectivity index (χ3n) is 5.65. The fourth-order valence-electron chi connectivity index (χ4n) is 3.97. The summed E-state index contributed by atoms with van der Waals surface area (Å²) in [5, 5.41) is 0. The van der Waals surface area contributed by atoms with Gasteiger partial charge in [-0.1, -0.05) is 0 Å². The van der Waals surface area contributed by atoms with Gasteiger partial charge in [0.25, 0.3) is 5.91 Å². The number of ether oxygens (including phenoxy) is 1. The number of anilines is 2. The van der Waals surface area contributed by atoms with Crippen molar-refractivity contribution in [3.8, 4) is 0 Å². The Morgan fingerprint density at radius 2 is 1.78 bits per heavy atom. The fourth-order valence-corrected chi connectivity index (χ4v) is 3.97. The van der Waals surface area contributed by atoms with Crippen molar-refractivity contribution in [3.05, 3.63) is 53.2 Å². The fraction of sp³-hybridized carbons (Fsp3) is 0.409. The van der Waals surface area contributed by atoms with E-state index in [9.17, 15) is 22.8 Å². The highest BCUT2D eigenvalue weighted by Crippen LogP contribution is 2.36. The van der Waals surface area contributed by atoms with Gasteiger partial charge in [-0.25, -0.2) is 9.78 Å². The number of halogens is 3. The van der Waals surface area contributed by atoms with Gasteiger partial charge in [0.1, 0.15) is 12.4 Å². The molecule has 1 atom stereocenters. The standard InChI is InChI=1S/C22H23F3N4O3/c1-14-11-18(22(23,24)25)19(26-12-14)27-7-9-28(10-8-27)20(30)16-3-5-17(6-4-16)29-15(2)13-32-21(29)31/h3-6,11-12,15H,7-10,13H2,1-2H3. The molecule has 2 amide bonds. The normalized spacial score (nSPS) is 19.3. The molecular formula is C22H23F3N4O3. The van der Waals surface area contributed by atoms with Gasteiger partial charge >= 0.3 is 12.3 Å². The van der Waals surface area contributed by atoms with Crippen LogP contribution in [0.4, 0.5) is 29.5 Å². The minimum Gasteiger partial charge on any atom is -0.447 e. The number of pyridine rings is 1. The number of hydrogen-bond acceptors (Lipinski definition) is 5. The molecule has 1 unspecified atom stereocenters. The number of cyclic esters (lactones) is 1. The summed E-state index contributed by atoms with van der Waals surface area (Å²) in [6.45, 7) is 4.82. The zero-order valence-electron chi connectivity index (χ0n) is 17.7. The van der Waals surface area contributed by atoms with Crippen molar-refractivity contribution in [2.45, 2.75) is 26.1 Å². The number of carbonyl (C=O) groups is 2. The highest BCUT2D eigenvalue weighted by atomic mass is 19.4. The molecule has 7 nitrogen and oxygen atoms in total. The molecule has 0 N–H and O–H groups in total. The van der Waals surface area contributed by atoms with Crippen molar-refractivity contribution in [1.82, 2.24) is 9.88 Å². The van der Waals surface area contributed by atoms with Crippen LogP contribution in [0.1, 0.15) is 28.4 Å². The Hall–Kier alpha value is -3.30. The monoisotopic (exact) mass is 448 g/mol. The number of hydrogen-bond donors (Lipinski definition) is 0. The molecule has 170 valence electrons. The molecule has 10 heteroatoms. The molecule has 32 heavy (non-hydrogen) atoms. The van der Waals surface area contributed by atoms with Gasteiger partial charge in [0.05, 0.1) is 11.6 Å². The summed E-state index contributed by atoms with van der Waals surface area (Å²) < 4.78 is 45.3. The molecule has 1 aromatic carbocycles. The molecule has 0 bridgehead atoms. The average molecular weight is 448 g/mol. The van der Waals surface area contributed by atoms with E-state index < -0.39 is 17.8 Å². The first kappa shape index (κ1) is 21.9. The van der Waals surface area contributed by atoms with Crippen molar-refractivity contribution in [2.75, 3.05) is 42.6 Å². The molecule has 2 aliphatic rings. The minimum absolute atomic E-state index is 0.0888. The second kappa shape index (κ2) is 8.33. The Kier molecular flexibility index (Phi) is 5.70. The van der Waals surface area contributed by atoms with Crippen molar-refractivity contribution in [2.24, 2.45) is 0 Å². The van der Waals surface area contributed by atoms with Crippen LogP contribution in [0.2, 0.25) is 0 Å². The largest absolute Gasteiger partial charge is 0.447 e. The van der Waals surface area contributed by atoms with Gasteiger partial charge in [0.2, 0.25) is 0 Å². The molecule has 2 aromatic rings. The van der Waals surface area contributed by atoms with Crippen LogP contribution < -0.4 is 9.80 Å². The molecule has 1 aromatic heterocycles. The lowest BCUT2D eigenvalue weighted by Crippen LogP contribution is -2.49. The van der Waals surface area contributed by atoms with Crippen LogP contribution >= 0.6 is 0 Å².